The number of hydrogen-bond donors (Lipinski definition) is 1. The average molecular weight is 258 g/mol. The molecule has 0 rings (SSSR count). The van der Waals surface area contributed by atoms with E-state index in [0.717, 1.165) is 45.3 Å². The van der Waals surface area contributed by atoms with E-state index in [2.05, 4.69) is 37.9 Å². The quantitative estimate of drug-likeness (QED) is 0.545. The third-order valence-corrected chi connectivity index (χ3v) is 3.30. The Morgan fingerprint density at radius 1 is 1.06 bits per heavy atom. The van der Waals surface area contributed by atoms with Crippen molar-refractivity contribution in [2.45, 2.75) is 53.5 Å². The van der Waals surface area contributed by atoms with Crippen LogP contribution >= 0.6 is 0 Å². The first-order valence-corrected chi connectivity index (χ1v) is 7.63. The number of likely N-dealkylation sites (N-methyl/N-ethyl adjacent to an activating group) is 1. The van der Waals surface area contributed by atoms with Gasteiger partial charge in [0.05, 0.1) is 6.61 Å². The zero-order valence-electron chi connectivity index (χ0n) is 13.2. The van der Waals surface area contributed by atoms with Gasteiger partial charge in [0.2, 0.25) is 0 Å². The van der Waals surface area contributed by atoms with Gasteiger partial charge in [0.25, 0.3) is 0 Å². The van der Waals surface area contributed by atoms with Gasteiger partial charge in [-0.2, -0.15) is 0 Å². The maximum Gasteiger partial charge on any atom is 0.0593 e. The molecule has 110 valence electrons. The van der Waals surface area contributed by atoms with Crippen LogP contribution in [0.25, 0.3) is 0 Å². The molecule has 0 aliphatic rings. The normalized spacial score (nSPS) is 13.5. The summed E-state index contributed by atoms with van der Waals surface area (Å²) >= 11 is 0. The van der Waals surface area contributed by atoms with Crippen LogP contribution in [0.5, 0.6) is 0 Å². The van der Waals surface area contributed by atoms with Crippen molar-refractivity contribution in [3.05, 3.63) is 0 Å². The topological polar surface area (TPSA) is 24.5 Å². The largest absolute Gasteiger partial charge is 0.380 e. The molecule has 0 saturated heterocycles. The van der Waals surface area contributed by atoms with E-state index >= 15 is 0 Å². The van der Waals surface area contributed by atoms with Crippen LogP contribution in [0.2, 0.25) is 0 Å². The van der Waals surface area contributed by atoms with Crippen LogP contribution in [0.15, 0.2) is 0 Å². The lowest BCUT2D eigenvalue weighted by Gasteiger charge is -2.22. The maximum absolute atomic E-state index is 5.40. The lowest BCUT2D eigenvalue weighted by molar-refractivity contribution is 0.115. The lowest BCUT2D eigenvalue weighted by Crippen LogP contribution is -2.37. The smallest absolute Gasteiger partial charge is 0.0593 e. The second kappa shape index (κ2) is 11.9. The summed E-state index contributed by atoms with van der Waals surface area (Å²) < 4.78 is 5.40. The van der Waals surface area contributed by atoms with Crippen molar-refractivity contribution < 1.29 is 4.74 Å². The fraction of sp³-hybridized carbons (Fsp3) is 1.00. The molecule has 18 heavy (non-hydrogen) atoms. The van der Waals surface area contributed by atoms with E-state index in [0.29, 0.717) is 6.04 Å². The van der Waals surface area contributed by atoms with E-state index in [1.165, 1.54) is 12.8 Å². The van der Waals surface area contributed by atoms with E-state index in [1.54, 1.807) is 0 Å². The first-order valence-electron chi connectivity index (χ1n) is 7.63. The van der Waals surface area contributed by atoms with E-state index in [1.807, 2.05) is 6.92 Å². The van der Waals surface area contributed by atoms with Crippen molar-refractivity contribution in [3.8, 4) is 0 Å². The van der Waals surface area contributed by atoms with Crippen molar-refractivity contribution in [1.29, 1.82) is 0 Å². The molecule has 0 aromatic carbocycles. The molecular weight excluding hydrogens is 224 g/mol. The number of hydrogen-bond acceptors (Lipinski definition) is 3. The first-order chi connectivity index (χ1) is 8.60. The highest BCUT2D eigenvalue weighted by atomic mass is 16.5. The molecule has 0 aromatic rings. The van der Waals surface area contributed by atoms with Crippen LogP contribution in [0.1, 0.15) is 47.5 Å². The molecule has 0 fully saturated rings. The molecule has 1 unspecified atom stereocenters. The van der Waals surface area contributed by atoms with Crippen molar-refractivity contribution in [1.82, 2.24) is 10.2 Å². The minimum Gasteiger partial charge on any atom is -0.380 e. The molecule has 0 bridgehead atoms. The van der Waals surface area contributed by atoms with Gasteiger partial charge in [-0.15, -0.1) is 0 Å². The van der Waals surface area contributed by atoms with Crippen LogP contribution in [0.3, 0.4) is 0 Å². The zero-order valence-corrected chi connectivity index (χ0v) is 13.2. The van der Waals surface area contributed by atoms with Crippen molar-refractivity contribution in [2.24, 2.45) is 5.92 Å². The third kappa shape index (κ3) is 11.0. The van der Waals surface area contributed by atoms with Gasteiger partial charge in [0, 0.05) is 32.3 Å². The van der Waals surface area contributed by atoms with Gasteiger partial charge in [0.15, 0.2) is 0 Å². The molecule has 0 amide bonds. The van der Waals surface area contributed by atoms with E-state index in [-0.39, 0.29) is 0 Å². The Balaban J connectivity index is 3.53. The molecule has 3 heteroatoms. The van der Waals surface area contributed by atoms with Crippen LogP contribution in [0.4, 0.5) is 0 Å². The number of nitrogens with zero attached hydrogens (tertiary/aromatic N) is 1. The summed E-state index contributed by atoms with van der Waals surface area (Å²) in [4.78, 5) is 2.44. The molecule has 0 saturated carbocycles. The molecule has 0 aliphatic carbocycles. The molecule has 1 atom stereocenters. The minimum atomic E-state index is 0.637. The molecule has 3 nitrogen and oxygen atoms in total. The highest BCUT2D eigenvalue weighted by Gasteiger charge is 2.05. The molecular formula is C15H34N2O. The fourth-order valence-electron chi connectivity index (χ4n) is 1.92. The number of ether oxygens (including phenoxy) is 1. The van der Waals surface area contributed by atoms with Crippen LogP contribution in [-0.4, -0.2) is 50.3 Å². The molecule has 0 radical (unpaired) electrons. The second-order valence-electron chi connectivity index (χ2n) is 5.46. The van der Waals surface area contributed by atoms with Gasteiger partial charge in [0.1, 0.15) is 0 Å². The monoisotopic (exact) mass is 258 g/mol. The van der Waals surface area contributed by atoms with Gasteiger partial charge >= 0.3 is 0 Å². The van der Waals surface area contributed by atoms with Gasteiger partial charge in [-0.1, -0.05) is 20.8 Å². The molecule has 0 aromatic heterocycles. The predicted molar refractivity (Wildman–Crippen MR) is 80.1 cm³/mol. The van der Waals surface area contributed by atoms with Crippen LogP contribution in [-0.2, 0) is 4.74 Å². The molecule has 0 aliphatic heterocycles. The van der Waals surface area contributed by atoms with E-state index in [9.17, 15) is 0 Å². The van der Waals surface area contributed by atoms with Crippen LogP contribution in [0, 0.1) is 5.92 Å². The Bertz CT molecular complexity index is 174. The van der Waals surface area contributed by atoms with E-state index in [4.69, 9.17) is 4.74 Å². The maximum atomic E-state index is 5.40. The van der Waals surface area contributed by atoms with Gasteiger partial charge in [-0.3, -0.25) is 0 Å². The highest BCUT2D eigenvalue weighted by Crippen LogP contribution is 2.06. The summed E-state index contributed by atoms with van der Waals surface area (Å²) in [6.45, 7) is 17.2. The van der Waals surface area contributed by atoms with E-state index < -0.39 is 0 Å². The van der Waals surface area contributed by atoms with Crippen LogP contribution < -0.4 is 5.32 Å². The number of rotatable bonds is 12. The predicted octanol–water partition coefficient (Wildman–Crippen LogP) is 2.76. The van der Waals surface area contributed by atoms with Gasteiger partial charge < -0.3 is 15.0 Å². The van der Waals surface area contributed by atoms with Crippen molar-refractivity contribution in [3.63, 3.8) is 0 Å². The summed E-state index contributed by atoms with van der Waals surface area (Å²) in [6, 6.07) is 0.637. The first kappa shape index (κ1) is 17.9. The fourth-order valence-corrected chi connectivity index (χ4v) is 1.92. The molecule has 0 heterocycles. The molecule has 1 N–H and O–H groups in total. The SMILES string of the molecule is CCOCCN(CC)CCNC(C)CCC(C)C. The molecule has 0 spiro atoms. The zero-order chi connectivity index (χ0) is 13.8. The standard InChI is InChI=1S/C15H34N2O/c1-6-17(12-13-18-7-2)11-10-16-15(5)9-8-14(3)4/h14-16H,6-13H2,1-5H3. The van der Waals surface area contributed by atoms with Crippen molar-refractivity contribution >= 4 is 0 Å². The average Bonchev–Trinajstić information content (AvgIpc) is 2.34. The third-order valence-electron chi connectivity index (χ3n) is 3.30. The lowest BCUT2D eigenvalue weighted by atomic mass is 10.0. The summed E-state index contributed by atoms with van der Waals surface area (Å²) in [7, 11) is 0. The highest BCUT2D eigenvalue weighted by molar-refractivity contribution is 4.64. The minimum absolute atomic E-state index is 0.637. The Kier molecular flexibility index (Phi) is 11.9. The Morgan fingerprint density at radius 2 is 1.78 bits per heavy atom. The van der Waals surface area contributed by atoms with Gasteiger partial charge in [-0.05, 0) is 39.2 Å². The van der Waals surface area contributed by atoms with Gasteiger partial charge in [-0.25, -0.2) is 0 Å². The Morgan fingerprint density at radius 3 is 2.33 bits per heavy atom. The second-order valence-corrected chi connectivity index (χ2v) is 5.46. The summed E-state index contributed by atoms with van der Waals surface area (Å²) in [5.74, 6) is 0.813. The number of nitrogens with one attached hydrogen (secondary N) is 1. The summed E-state index contributed by atoms with van der Waals surface area (Å²) in [5.41, 5.74) is 0. The Hall–Kier alpha value is -0.120. The summed E-state index contributed by atoms with van der Waals surface area (Å²) in [6.07, 6.45) is 2.60. The Labute approximate surface area is 114 Å². The summed E-state index contributed by atoms with van der Waals surface area (Å²) in [5, 5.41) is 3.61. The van der Waals surface area contributed by atoms with Crippen molar-refractivity contribution in [2.75, 3.05) is 39.4 Å².